The highest BCUT2D eigenvalue weighted by molar-refractivity contribution is 7.92. The Kier molecular flexibility index (Phi) is 5.71. The molecule has 0 heterocycles. The monoisotopic (exact) mass is 340 g/mol. The molecule has 2 aromatic rings. The predicted octanol–water partition coefficient (Wildman–Crippen LogP) is 4.30. The van der Waals surface area contributed by atoms with Crippen molar-refractivity contribution in [3.8, 4) is 5.75 Å². The Morgan fingerprint density at radius 2 is 1.43 bits per heavy atom. The smallest absolute Gasteiger partial charge is 0.350 e. The van der Waals surface area contributed by atoms with Crippen LogP contribution < -0.4 is 4.74 Å². The third-order valence-electron chi connectivity index (χ3n) is 3.32. The Balaban J connectivity index is 1.84. The largest absolute Gasteiger partial charge is 0.494 e. The Bertz CT molecular complexity index is 701. The summed E-state index contributed by atoms with van der Waals surface area (Å²) in [6.07, 6.45) is -0.303. The molecule has 0 aliphatic heterocycles. The SMILES string of the molecule is O=S(=O)(c1ccccc1)C(F)(F)CCCCOc1ccccc1. The van der Waals surface area contributed by atoms with E-state index in [1.54, 1.807) is 18.2 Å². The molecule has 2 aromatic carbocycles. The lowest BCUT2D eigenvalue weighted by atomic mass is 10.2. The molecule has 0 saturated heterocycles. The van der Waals surface area contributed by atoms with E-state index >= 15 is 0 Å². The highest BCUT2D eigenvalue weighted by Gasteiger charge is 2.45. The molecule has 23 heavy (non-hydrogen) atoms. The molecule has 0 amide bonds. The van der Waals surface area contributed by atoms with Gasteiger partial charge in [0.2, 0.25) is 9.84 Å². The zero-order valence-electron chi connectivity index (χ0n) is 12.5. The van der Waals surface area contributed by atoms with Gasteiger partial charge in [0.25, 0.3) is 0 Å². The summed E-state index contributed by atoms with van der Waals surface area (Å²) in [5, 5.41) is -3.78. The minimum atomic E-state index is -4.65. The molecule has 0 aliphatic rings. The lowest BCUT2D eigenvalue weighted by Crippen LogP contribution is -2.29. The molecule has 0 atom stereocenters. The third kappa shape index (κ3) is 4.51. The average Bonchev–Trinajstić information content (AvgIpc) is 2.56. The summed E-state index contributed by atoms with van der Waals surface area (Å²) < 4.78 is 57.3. The molecule has 0 fully saturated rings. The van der Waals surface area contributed by atoms with Gasteiger partial charge in [-0.25, -0.2) is 8.42 Å². The van der Waals surface area contributed by atoms with Crippen LogP contribution in [0, 0.1) is 0 Å². The van der Waals surface area contributed by atoms with Crippen LogP contribution in [0.3, 0.4) is 0 Å². The van der Waals surface area contributed by atoms with Crippen molar-refractivity contribution in [1.82, 2.24) is 0 Å². The van der Waals surface area contributed by atoms with Gasteiger partial charge in [-0.2, -0.15) is 8.78 Å². The fraction of sp³-hybridized carbons (Fsp3) is 0.294. The second-order valence-electron chi connectivity index (χ2n) is 5.07. The van der Waals surface area contributed by atoms with Gasteiger partial charge in [-0.15, -0.1) is 0 Å². The van der Waals surface area contributed by atoms with E-state index < -0.39 is 21.5 Å². The van der Waals surface area contributed by atoms with E-state index in [4.69, 9.17) is 4.74 Å². The first-order valence-electron chi connectivity index (χ1n) is 7.29. The lowest BCUT2D eigenvalue weighted by molar-refractivity contribution is 0.0776. The zero-order chi connectivity index (χ0) is 16.8. The standard InChI is InChI=1S/C17H18F2O3S/c18-17(19,23(20,21)16-11-5-2-6-12-16)13-7-8-14-22-15-9-3-1-4-10-15/h1-6,9-12H,7-8,13-14H2. The van der Waals surface area contributed by atoms with E-state index in [1.165, 1.54) is 24.3 Å². The van der Waals surface area contributed by atoms with Crippen molar-refractivity contribution in [2.24, 2.45) is 0 Å². The molecule has 0 spiro atoms. The molecule has 0 aliphatic carbocycles. The molecule has 2 rings (SSSR count). The van der Waals surface area contributed by atoms with Crippen LogP contribution in [0.2, 0.25) is 0 Å². The van der Waals surface area contributed by atoms with Crippen LogP contribution in [0.15, 0.2) is 65.6 Å². The summed E-state index contributed by atoms with van der Waals surface area (Å²) in [5.41, 5.74) is 0. The zero-order valence-corrected chi connectivity index (χ0v) is 13.3. The number of unbranched alkanes of at least 4 members (excludes halogenated alkanes) is 1. The summed E-state index contributed by atoms with van der Waals surface area (Å²) in [6, 6.07) is 15.8. The van der Waals surface area contributed by atoms with E-state index in [0.717, 1.165) is 0 Å². The maximum Gasteiger partial charge on any atom is 0.350 e. The highest BCUT2D eigenvalue weighted by atomic mass is 32.2. The van der Waals surface area contributed by atoms with Crippen molar-refractivity contribution in [3.05, 3.63) is 60.7 Å². The molecule has 0 unspecified atom stereocenters. The second kappa shape index (κ2) is 7.55. The van der Waals surface area contributed by atoms with Gasteiger partial charge in [0.15, 0.2) is 0 Å². The Hall–Kier alpha value is -1.95. The Morgan fingerprint density at radius 3 is 2.04 bits per heavy atom. The quantitative estimate of drug-likeness (QED) is 0.673. The topological polar surface area (TPSA) is 43.4 Å². The van der Waals surface area contributed by atoms with Gasteiger partial charge >= 0.3 is 5.25 Å². The number of ether oxygens (including phenoxy) is 1. The normalized spacial score (nSPS) is 12.1. The van der Waals surface area contributed by atoms with E-state index in [9.17, 15) is 17.2 Å². The van der Waals surface area contributed by atoms with Crippen LogP contribution in [0.4, 0.5) is 8.78 Å². The van der Waals surface area contributed by atoms with Crippen molar-refractivity contribution >= 4 is 9.84 Å². The summed E-state index contributed by atoms with van der Waals surface area (Å²) in [7, 11) is -4.65. The van der Waals surface area contributed by atoms with E-state index in [2.05, 4.69) is 0 Å². The summed E-state index contributed by atoms with van der Waals surface area (Å²) in [5.74, 6) is 0.663. The third-order valence-corrected chi connectivity index (χ3v) is 5.20. The van der Waals surface area contributed by atoms with Crippen molar-refractivity contribution in [1.29, 1.82) is 0 Å². The van der Waals surface area contributed by atoms with Gasteiger partial charge in [0.05, 0.1) is 11.5 Å². The predicted molar refractivity (Wildman–Crippen MR) is 84.4 cm³/mol. The van der Waals surface area contributed by atoms with Gasteiger partial charge in [0.1, 0.15) is 5.75 Å². The number of alkyl halides is 2. The van der Waals surface area contributed by atoms with E-state index in [0.29, 0.717) is 12.2 Å². The molecule has 124 valence electrons. The number of hydrogen-bond acceptors (Lipinski definition) is 3. The number of benzene rings is 2. The maximum absolute atomic E-state index is 14.0. The first kappa shape index (κ1) is 17.4. The fourth-order valence-corrected chi connectivity index (χ4v) is 3.32. The number of rotatable bonds is 8. The van der Waals surface area contributed by atoms with Crippen molar-refractivity contribution in [2.45, 2.75) is 29.4 Å². The highest BCUT2D eigenvalue weighted by Crippen LogP contribution is 2.33. The van der Waals surface area contributed by atoms with Crippen LogP contribution in [0.5, 0.6) is 5.75 Å². The number of hydrogen-bond donors (Lipinski definition) is 0. The summed E-state index contributed by atoms with van der Waals surface area (Å²) in [6.45, 7) is 0.269. The van der Waals surface area contributed by atoms with Gasteiger partial charge < -0.3 is 4.74 Å². The van der Waals surface area contributed by atoms with E-state index in [-0.39, 0.29) is 17.9 Å². The van der Waals surface area contributed by atoms with E-state index in [1.807, 2.05) is 18.2 Å². The van der Waals surface area contributed by atoms with Crippen LogP contribution in [0.25, 0.3) is 0 Å². The Morgan fingerprint density at radius 1 is 0.870 bits per heavy atom. The number of para-hydroxylation sites is 1. The fourth-order valence-electron chi connectivity index (χ4n) is 2.05. The summed E-state index contributed by atoms with van der Waals surface area (Å²) in [4.78, 5) is -0.356. The van der Waals surface area contributed by atoms with Gasteiger partial charge in [-0.05, 0) is 37.1 Å². The number of halogens is 2. The first-order valence-corrected chi connectivity index (χ1v) is 8.77. The van der Waals surface area contributed by atoms with Crippen LogP contribution in [-0.4, -0.2) is 20.3 Å². The molecule has 0 N–H and O–H groups in total. The molecule has 0 bridgehead atoms. The molecule has 3 nitrogen and oxygen atoms in total. The van der Waals surface area contributed by atoms with Crippen LogP contribution in [0.1, 0.15) is 19.3 Å². The molecular formula is C17H18F2O3S. The first-order chi connectivity index (χ1) is 10.9. The van der Waals surface area contributed by atoms with Gasteiger partial charge in [0, 0.05) is 6.42 Å². The minimum absolute atomic E-state index is 0.0614. The molecule has 6 heteroatoms. The maximum atomic E-state index is 14.0. The van der Waals surface area contributed by atoms with Crippen molar-refractivity contribution in [2.75, 3.05) is 6.61 Å². The molecular weight excluding hydrogens is 322 g/mol. The molecule has 0 aromatic heterocycles. The minimum Gasteiger partial charge on any atom is -0.494 e. The van der Waals surface area contributed by atoms with Gasteiger partial charge in [-0.3, -0.25) is 0 Å². The second-order valence-corrected chi connectivity index (χ2v) is 7.15. The molecule has 0 saturated carbocycles. The average molecular weight is 340 g/mol. The van der Waals surface area contributed by atoms with Gasteiger partial charge in [-0.1, -0.05) is 36.4 Å². The number of sulfone groups is 1. The van der Waals surface area contributed by atoms with Crippen LogP contribution in [-0.2, 0) is 9.84 Å². The molecule has 0 radical (unpaired) electrons. The van der Waals surface area contributed by atoms with Crippen LogP contribution >= 0.6 is 0 Å². The van der Waals surface area contributed by atoms with Crippen molar-refractivity contribution < 1.29 is 21.9 Å². The Labute approximate surface area is 134 Å². The lowest BCUT2D eigenvalue weighted by Gasteiger charge is -2.17. The summed E-state index contributed by atoms with van der Waals surface area (Å²) >= 11 is 0. The van der Waals surface area contributed by atoms with Crippen molar-refractivity contribution in [3.63, 3.8) is 0 Å².